The van der Waals surface area contributed by atoms with E-state index in [1.165, 1.54) is 103 Å². The van der Waals surface area contributed by atoms with Crippen LogP contribution in [-0.2, 0) is 19.0 Å². The molecule has 0 radical (unpaired) electrons. The van der Waals surface area contributed by atoms with Gasteiger partial charge in [-0.1, -0.05) is 155 Å². The average molecular weight is 667 g/mol. The van der Waals surface area contributed by atoms with Crippen LogP contribution in [0.2, 0.25) is 0 Å². The Kier molecular flexibility index (Phi) is 28.6. The maximum atomic E-state index is 12.0. The number of esters is 1. The zero-order chi connectivity index (χ0) is 33.3. The summed E-state index contributed by atoms with van der Waals surface area (Å²) in [6.07, 6.45) is 30.5. The van der Waals surface area contributed by atoms with Gasteiger partial charge in [-0.25, -0.2) is 4.79 Å². The number of hydrogen-bond acceptors (Lipinski definition) is 9. The Morgan fingerprint density at radius 3 is 1.70 bits per heavy atom. The van der Waals surface area contributed by atoms with Gasteiger partial charge >= 0.3 is 12.1 Å². The largest absolute Gasteiger partial charge is 0.511 e. The highest BCUT2D eigenvalue weighted by Crippen LogP contribution is 2.27. The lowest BCUT2D eigenvalue weighted by Gasteiger charge is -2.10. The number of hydrogen-bond donors (Lipinski definition) is 0. The van der Waals surface area contributed by atoms with Crippen molar-refractivity contribution in [3.63, 3.8) is 0 Å². The summed E-state index contributed by atoms with van der Waals surface area (Å²) in [5.74, 6) is 0.190. The summed E-state index contributed by atoms with van der Waals surface area (Å²) < 4.78 is 29.8. The van der Waals surface area contributed by atoms with Gasteiger partial charge in [-0.05, 0) is 24.8 Å². The van der Waals surface area contributed by atoms with Crippen LogP contribution in [0.1, 0.15) is 187 Å². The van der Waals surface area contributed by atoms with Gasteiger partial charge in [0.2, 0.25) is 6.79 Å². The van der Waals surface area contributed by atoms with E-state index < -0.39 is 12.9 Å². The van der Waals surface area contributed by atoms with Gasteiger partial charge < -0.3 is 18.9 Å². The third-order valence-corrected chi connectivity index (χ3v) is 8.66. The molecule has 1 rings (SSSR count). The Balaban J connectivity index is 2.04. The van der Waals surface area contributed by atoms with Gasteiger partial charge in [0.15, 0.2) is 0 Å². The topological polar surface area (TPSA) is 96.8 Å². The van der Waals surface area contributed by atoms with Gasteiger partial charge in [-0.3, -0.25) is 4.79 Å². The maximum absolute atomic E-state index is 12.0. The predicted molar refractivity (Wildman–Crippen MR) is 189 cm³/mol. The number of carbonyl (C=O) groups excluding carboxylic acids is 2. The number of carbonyl (C=O) groups is 2. The van der Waals surface area contributed by atoms with Crippen LogP contribution in [0.15, 0.2) is 6.08 Å². The van der Waals surface area contributed by atoms with Crippen LogP contribution in [-0.4, -0.2) is 40.9 Å². The first-order valence-corrected chi connectivity index (χ1v) is 19.4. The normalized spacial score (nSPS) is 11.5. The molecule has 0 bridgehead atoms. The minimum atomic E-state index is -0.857. The van der Waals surface area contributed by atoms with Gasteiger partial charge in [-0.2, -0.15) is 4.37 Å². The van der Waals surface area contributed by atoms with Gasteiger partial charge in [0.25, 0.3) is 5.88 Å². The van der Waals surface area contributed by atoms with Crippen molar-refractivity contribution in [2.45, 2.75) is 181 Å². The predicted octanol–water partition coefficient (Wildman–Crippen LogP) is 11.8. The van der Waals surface area contributed by atoms with Crippen LogP contribution in [0.25, 0.3) is 5.57 Å². The van der Waals surface area contributed by atoms with E-state index in [9.17, 15) is 9.59 Å². The van der Waals surface area contributed by atoms with E-state index in [1.807, 2.05) is 0 Å². The SMILES string of the molecule is CCC/C=C(\CCOC(=O)OCOC(=O)CCCCCCCCCCCCCCCCCCC)c1nsnc1OCCCCCC. The molecule has 0 spiro atoms. The van der Waals surface area contributed by atoms with E-state index in [-0.39, 0.29) is 12.6 Å². The molecule has 0 aliphatic carbocycles. The maximum Gasteiger partial charge on any atom is 0.511 e. The van der Waals surface area contributed by atoms with Gasteiger partial charge in [0.05, 0.1) is 24.9 Å². The first-order valence-electron chi connectivity index (χ1n) is 18.7. The van der Waals surface area contributed by atoms with Gasteiger partial charge in [-0.15, -0.1) is 4.37 Å². The molecule has 8 nitrogen and oxygen atoms in total. The van der Waals surface area contributed by atoms with Crippen molar-refractivity contribution < 1.29 is 28.5 Å². The Morgan fingerprint density at radius 2 is 1.13 bits per heavy atom. The molecule has 9 heteroatoms. The minimum absolute atomic E-state index is 0.120. The molecule has 1 aromatic rings. The minimum Gasteiger partial charge on any atom is -0.475 e. The summed E-state index contributed by atoms with van der Waals surface area (Å²) >= 11 is 1.12. The summed E-state index contributed by atoms with van der Waals surface area (Å²) in [7, 11) is 0. The highest BCUT2D eigenvalue weighted by Gasteiger charge is 2.16. The molecule has 0 amide bonds. The molecule has 0 N–H and O–H groups in total. The van der Waals surface area contributed by atoms with Gasteiger partial charge in [0, 0.05) is 12.8 Å². The van der Waals surface area contributed by atoms with Crippen molar-refractivity contribution in [2.24, 2.45) is 0 Å². The zero-order valence-electron chi connectivity index (χ0n) is 29.6. The molecule has 0 saturated heterocycles. The summed E-state index contributed by atoms with van der Waals surface area (Å²) in [5, 5.41) is 0. The monoisotopic (exact) mass is 666 g/mol. The second-order valence-corrected chi connectivity index (χ2v) is 12.9. The lowest BCUT2D eigenvalue weighted by molar-refractivity contribution is -0.153. The van der Waals surface area contributed by atoms with Gasteiger partial charge in [0.1, 0.15) is 5.69 Å². The molecule has 0 fully saturated rings. The van der Waals surface area contributed by atoms with E-state index in [0.29, 0.717) is 31.0 Å². The first kappa shape index (κ1) is 41.9. The van der Waals surface area contributed by atoms with Crippen molar-refractivity contribution in [2.75, 3.05) is 20.0 Å². The molecule has 1 heterocycles. The fourth-order valence-corrected chi connectivity index (χ4v) is 5.83. The molecule has 0 saturated carbocycles. The number of unbranched alkanes of at least 4 members (excludes halogenated alkanes) is 20. The molecule has 0 aliphatic rings. The van der Waals surface area contributed by atoms with Crippen molar-refractivity contribution in [3.05, 3.63) is 11.8 Å². The van der Waals surface area contributed by atoms with Crippen molar-refractivity contribution in [3.8, 4) is 5.88 Å². The molecule has 0 atom stereocenters. The quantitative estimate of drug-likeness (QED) is 0.0426. The summed E-state index contributed by atoms with van der Waals surface area (Å²) in [5.41, 5.74) is 1.65. The van der Waals surface area contributed by atoms with E-state index in [1.54, 1.807) is 0 Å². The molecule has 266 valence electrons. The standard InChI is InChI=1S/C37H66N2O6S/c1-4-7-10-12-13-14-15-16-17-18-19-20-21-22-23-24-25-28-34(40)44-32-45-37(41)43-31-29-33(27-9-6-3)35-36(39-46-38-35)42-30-26-11-8-5-2/h27H,4-26,28-32H2,1-3H3/b33-27+. The third-order valence-electron chi connectivity index (χ3n) is 8.15. The van der Waals surface area contributed by atoms with Crippen molar-refractivity contribution in [1.29, 1.82) is 0 Å². The Hall–Kier alpha value is -2.16. The average Bonchev–Trinajstić information content (AvgIpc) is 3.52. The van der Waals surface area contributed by atoms with E-state index in [0.717, 1.165) is 62.2 Å². The van der Waals surface area contributed by atoms with Crippen LogP contribution in [0.3, 0.4) is 0 Å². The fraction of sp³-hybridized carbons (Fsp3) is 0.838. The Labute approximate surface area is 285 Å². The van der Waals surface area contributed by atoms with Crippen LogP contribution in [0, 0.1) is 0 Å². The summed E-state index contributed by atoms with van der Waals surface area (Å²) in [6, 6.07) is 0. The van der Waals surface area contributed by atoms with Crippen molar-refractivity contribution >= 4 is 29.4 Å². The second-order valence-electron chi connectivity index (χ2n) is 12.4. The first-order chi connectivity index (χ1) is 22.6. The smallest absolute Gasteiger partial charge is 0.475 e. The Bertz CT molecular complexity index is 891. The molecule has 1 aromatic heterocycles. The van der Waals surface area contributed by atoms with Crippen LogP contribution >= 0.6 is 11.7 Å². The number of ether oxygens (including phenoxy) is 4. The number of nitrogens with zero attached hydrogens (tertiary/aromatic N) is 2. The lowest BCUT2D eigenvalue weighted by atomic mass is 10.0. The van der Waals surface area contributed by atoms with Crippen LogP contribution in [0.5, 0.6) is 5.88 Å². The number of allylic oxidation sites excluding steroid dienone is 1. The molecule has 0 unspecified atom stereocenters. The molecular formula is C37H66N2O6S. The van der Waals surface area contributed by atoms with E-state index in [4.69, 9.17) is 18.9 Å². The second kappa shape index (κ2) is 31.4. The fourth-order valence-electron chi connectivity index (χ4n) is 5.30. The molecule has 0 aromatic carbocycles. The lowest BCUT2D eigenvalue weighted by Crippen LogP contribution is -2.14. The van der Waals surface area contributed by atoms with E-state index in [2.05, 4.69) is 35.6 Å². The highest BCUT2D eigenvalue weighted by atomic mass is 32.1. The summed E-state index contributed by atoms with van der Waals surface area (Å²) in [6.45, 7) is 6.86. The third kappa shape index (κ3) is 24.1. The molecule has 0 aliphatic heterocycles. The number of aromatic nitrogens is 2. The highest BCUT2D eigenvalue weighted by molar-refractivity contribution is 6.99. The zero-order valence-corrected chi connectivity index (χ0v) is 30.4. The Morgan fingerprint density at radius 1 is 0.587 bits per heavy atom. The molecular weight excluding hydrogens is 600 g/mol. The van der Waals surface area contributed by atoms with E-state index >= 15 is 0 Å². The molecule has 46 heavy (non-hydrogen) atoms. The number of rotatable bonds is 32. The van der Waals surface area contributed by atoms with Crippen LogP contribution < -0.4 is 4.74 Å². The van der Waals surface area contributed by atoms with Crippen molar-refractivity contribution in [1.82, 2.24) is 8.75 Å². The van der Waals surface area contributed by atoms with Crippen LogP contribution in [0.4, 0.5) is 4.79 Å². The summed E-state index contributed by atoms with van der Waals surface area (Å²) in [4.78, 5) is 24.0.